The number of carbonyl (C=O) groups excluding carboxylic acids is 1. The molecular formula is C30H43N3O4S. The Morgan fingerprint density at radius 3 is 2.58 bits per heavy atom. The molecule has 1 aliphatic heterocycles. The first-order chi connectivity index (χ1) is 18.0. The summed E-state index contributed by atoms with van der Waals surface area (Å²) in [6.07, 6.45) is 7.96. The van der Waals surface area contributed by atoms with E-state index in [0.717, 1.165) is 42.6 Å². The lowest BCUT2D eigenvalue weighted by molar-refractivity contribution is -0.215. The van der Waals surface area contributed by atoms with Crippen molar-refractivity contribution in [1.82, 2.24) is 10.4 Å². The SMILES string of the molecule is C[C@@H](CC1CCCCC1)N(Cc1ccccc1NS(=O)(=O)c1ccc2c(c1)CCNC2)OC(=O)C(C)(C)C. The van der Waals surface area contributed by atoms with Gasteiger partial charge in [-0.3, -0.25) is 4.72 Å². The average Bonchev–Trinajstić information content (AvgIpc) is 2.89. The van der Waals surface area contributed by atoms with Crippen molar-refractivity contribution in [3.63, 3.8) is 0 Å². The van der Waals surface area contributed by atoms with E-state index in [4.69, 9.17) is 4.84 Å². The summed E-state index contributed by atoms with van der Waals surface area (Å²) in [6.45, 7) is 9.52. The van der Waals surface area contributed by atoms with E-state index in [0.29, 0.717) is 18.2 Å². The third-order valence-corrected chi connectivity index (χ3v) is 9.03. The van der Waals surface area contributed by atoms with Crippen LogP contribution in [0.4, 0.5) is 5.69 Å². The van der Waals surface area contributed by atoms with E-state index in [2.05, 4.69) is 17.0 Å². The monoisotopic (exact) mass is 541 g/mol. The highest BCUT2D eigenvalue weighted by molar-refractivity contribution is 7.92. The molecule has 2 aromatic rings. The number of fused-ring (bicyclic) bond motifs is 1. The number of hydrogen-bond donors (Lipinski definition) is 2. The molecule has 0 unspecified atom stereocenters. The zero-order valence-electron chi connectivity index (χ0n) is 23.3. The number of hydrogen-bond acceptors (Lipinski definition) is 6. The van der Waals surface area contributed by atoms with E-state index in [1.165, 1.54) is 32.1 Å². The summed E-state index contributed by atoms with van der Waals surface area (Å²) in [6, 6.07) is 12.7. The summed E-state index contributed by atoms with van der Waals surface area (Å²) in [5.41, 5.74) is 2.81. The third-order valence-electron chi connectivity index (χ3n) is 7.67. The second-order valence-corrected chi connectivity index (χ2v) is 13.6. The van der Waals surface area contributed by atoms with Crippen molar-refractivity contribution < 1.29 is 18.0 Å². The normalized spacial score (nSPS) is 17.6. The molecule has 1 atom stereocenters. The summed E-state index contributed by atoms with van der Waals surface area (Å²) < 4.78 is 29.6. The molecule has 0 amide bonds. The maximum Gasteiger partial charge on any atom is 0.330 e. The zero-order chi connectivity index (χ0) is 27.3. The van der Waals surface area contributed by atoms with E-state index >= 15 is 0 Å². The topological polar surface area (TPSA) is 87.7 Å². The Morgan fingerprint density at radius 1 is 1.11 bits per heavy atom. The number of para-hydroxylation sites is 1. The van der Waals surface area contributed by atoms with E-state index in [-0.39, 0.29) is 16.9 Å². The van der Waals surface area contributed by atoms with Crippen LogP contribution in [0.15, 0.2) is 47.4 Å². The number of benzene rings is 2. The quantitative estimate of drug-likeness (QED) is 0.390. The van der Waals surface area contributed by atoms with Gasteiger partial charge in [0.15, 0.2) is 0 Å². The van der Waals surface area contributed by atoms with Crippen LogP contribution in [-0.2, 0) is 39.2 Å². The van der Waals surface area contributed by atoms with E-state index in [1.54, 1.807) is 23.3 Å². The molecule has 0 spiro atoms. The van der Waals surface area contributed by atoms with Gasteiger partial charge < -0.3 is 10.2 Å². The van der Waals surface area contributed by atoms with Crippen molar-refractivity contribution in [1.29, 1.82) is 0 Å². The Balaban J connectivity index is 1.55. The van der Waals surface area contributed by atoms with Gasteiger partial charge in [0.05, 0.1) is 22.5 Å². The highest BCUT2D eigenvalue weighted by Crippen LogP contribution is 2.31. The fraction of sp³-hybridized carbons (Fsp3) is 0.567. The smallest absolute Gasteiger partial charge is 0.330 e. The van der Waals surface area contributed by atoms with Crippen LogP contribution < -0.4 is 10.0 Å². The zero-order valence-corrected chi connectivity index (χ0v) is 24.1. The van der Waals surface area contributed by atoms with Gasteiger partial charge in [-0.15, -0.1) is 5.06 Å². The molecule has 7 nitrogen and oxygen atoms in total. The number of sulfonamides is 1. The van der Waals surface area contributed by atoms with Gasteiger partial charge in [0.1, 0.15) is 0 Å². The summed E-state index contributed by atoms with van der Waals surface area (Å²) in [5.74, 6) is 0.317. The molecule has 1 heterocycles. The van der Waals surface area contributed by atoms with Crippen molar-refractivity contribution in [2.24, 2.45) is 11.3 Å². The maximum absolute atomic E-state index is 13.4. The van der Waals surface area contributed by atoms with Crippen molar-refractivity contribution in [3.8, 4) is 0 Å². The Kier molecular flexibility index (Phi) is 9.16. The van der Waals surface area contributed by atoms with Crippen LogP contribution in [0.5, 0.6) is 0 Å². The maximum atomic E-state index is 13.4. The molecule has 0 saturated heterocycles. The molecule has 1 saturated carbocycles. The van der Waals surface area contributed by atoms with E-state index in [9.17, 15) is 13.2 Å². The number of anilines is 1. The molecule has 8 heteroatoms. The van der Waals surface area contributed by atoms with Crippen molar-refractivity contribution >= 4 is 21.7 Å². The van der Waals surface area contributed by atoms with Crippen molar-refractivity contribution in [3.05, 3.63) is 59.2 Å². The number of carbonyl (C=O) groups is 1. The predicted octanol–water partition coefficient (Wildman–Crippen LogP) is 5.80. The first kappa shape index (κ1) is 28.6. The van der Waals surface area contributed by atoms with Crippen LogP contribution in [-0.4, -0.2) is 32.0 Å². The molecule has 1 aliphatic carbocycles. The van der Waals surface area contributed by atoms with Crippen LogP contribution in [0, 0.1) is 11.3 Å². The second-order valence-electron chi connectivity index (χ2n) is 11.9. The molecule has 0 bridgehead atoms. The molecule has 2 aliphatic rings. The van der Waals surface area contributed by atoms with E-state index < -0.39 is 15.4 Å². The molecular weight excluding hydrogens is 498 g/mol. The van der Waals surface area contributed by atoms with Crippen LogP contribution in [0.3, 0.4) is 0 Å². The minimum atomic E-state index is -3.79. The lowest BCUT2D eigenvalue weighted by atomic mass is 9.85. The summed E-state index contributed by atoms with van der Waals surface area (Å²) >= 11 is 0. The van der Waals surface area contributed by atoms with Gasteiger partial charge in [-0.05, 0) is 87.9 Å². The van der Waals surface area contributed by atoms with Gasteiger partial charge >= 0.3 is 5.97 Å². The Morgan fingerprint density at radius 2 is 1.84 bits per heavy atom. The van der Waals surface area contributed by atoms with Crippen molar-refractivity contribution in [2.75, 3.05) is 11.3 Å². The minimum absolute atomic E-state index is 0.00307. The average molecular weight is 542 g/mol. The molecule has 1 fully saturated rings. The first-order valence-electron chi connectivity index (χ1n) is 14.0. The lowest BCUT2D eigenvalue weighted by Gasteiger charge is -2.33. The number of nitrogens with one attached hydrogen (secondary N) is 2. The largest absolute Gasteiger partial charge is 0.367 e. The van der Waals surface area contributed by atoms with Crippen LogP contribution in [0.1, 0.15) is 82.9 Å². The van der Waals surface area contributed by atoms with Crippen LogP contribution in [0.25, 0.3) is 0 Å². The van der Waals surface area contributed by atoms with Crippen molar-refractivity contribution in [2.45, 2.75) is 96.7 Å². The standard InChI is InChI=1S/C30H43N3O4S/c1-22(18-23-10-6-5-7-11-23)33(37-29(34)30(2,3)4)21-26-12-8-9-13-28(26)32-38(35,36)27-15-14-25-20-31-17-16-24(25)19-27/h8-9,12-15,19,22-23,31-32H,5-7,10-11,16-18,20-21H2,1-4H3/t22-/m0/s1. The van der Waals surface area contributed by atoms with E-state index in [1.807, 2.05) is 45.0 Å². The molecule has 2 aromatic carbocycles. The number of hydroxylamine groups is 2. The molecule has 0 aromatic heterocycles. The van der Waals surface area contributed by atoms with Crippen LogP contribution >= 0.6 is 0 Å². The fourth-order valence-corrected chi connectivity index (χ4v) is 6.45. The van der Waals surface area contributed by atoms with Gasteiger partial charge in [0.2, 0.25) is 0 Å². The molecule has 208 valence electrons. The summed E-state index contributed by atoms with van der Waals surface area (Å²) in [4.78, 5) is 19.1. The Bertz CT molecular complexity index is 1220. The Labute approximate surface area is 228 Å². The van der Waals surface area contributed by atoms with Gasteiger partial charge in [0.25, 0.3) is 10.0 Å². The second kappa shape index (κ2) is 12.2. The fourth-order valence-electron chi connectivity index (χ4n) is 5.29. The highest BCUT2D eigenvalue weighted by atomic mass is 32.2. The Hall–Kier alpha value is -2.42. The third kappa shape index (κ3) is 7.36. The predicted molar refractivity (Wildman–Crippen MR) is 151 cm³/mol. The number of rotatable bonds is 9. The summed E-state index contributed by atoms with van der Waals surface area (Å²) in [5, 5.41) is 5.07. The summed E-state index contributed by atoms with van der Waals surface area (Å²) in [7, 11) is -3.79. The first-order valence-corrected chi connectivity index (χ1v) is 15.4. The molecule has 4 rings (SSSR count). The minimum Gasteiger partial charge on any atom is -0.367 e. The highest BCUT2D eigenvalue weighted by Gasteiger charge is 2.30. The number of nitrogens with zero attached hydrogens (tertiary/aromatic N) is 1. The van der Waals surface area contributed by atoms with Crippen LogP contribution in [0.2, 0.25) is 0 Å². The molecule has 38 heavy (non-hydrogen) atoms. The van der Waals surface area contributed by atoms with Gasteiger partial charge in [-0.2, -0.15) is 0 Å². The van der Waals surface area contributed by atoms with Gasteiger partial charge in [-0.1, -0.05) is 56.4 Å². The molecule has 2 N–H and O–H groups in total. The lowest BCUT2D eigenvalue weighted by Crippen LogP contribution is -2.39. The van der Waals surface area contributed by atoms with Gasteiger partial charge in [0, 0.05) is 12.6 Å². The van der Waals surface area contributed by atoms with Gasteiger partial charge in [-0.25, -0.2) is 13.2 Å². The molecule has 0 radical (unpaired) electrons.